The lowest BCUT2D eigenvalue weighted by Gasteiger charge is -2.38. The van der Waals surface area contributed by atoms with E-state index in [1.54, 1.807) is 4.90 Å². The van der Waals surface area contributed by atoms with Gasteiger partial charge < -0.3 is 23.1 Å². The predicted molar refractivity (Wildman–Crippen MR) is 139 cm³/mol. The zero-order valence-electron chi connectivity index (χ0n) is 22.4. The number of amides is 1. The van der Waals surface area contributed by atoms with Crippen LogP contribution >= 0.6 is 7.60 Å². The van der Waals surface area contributed by atoms with Crippen molar-refractivity contribution in [2.24, 2.45) is 0 Å². The highest BCUT2D eigenvalue weighted by Gasteiger charge is 2.46. The predicted octanol–water partition coefficient (Wildman–Crippen LogP) is 6.83. The van der Waals surface area contributed by atoms with E-state index in [4.69, 9.17) is 18.2 Å². The van der Waals surface area contributed by atoms with Gasteiger partial charge in [0.2, 0.25) is 0 Å². The maximum absolute atomic E-state index is 13.6. The molecule has 2 rings (SSSR count). The second-order valence-electron chi connectivity index (χ2n) is 11.2. The summed E-state index contributed by atoms with van der Waals surface area (Å²) in [6, 6.07) is 9.22. The van der Waals surface area contributed by atoms with Gasteiger partial charge >= 0.3 is 13.7 Å². The number of hydrogen-bond donors (Lipinski definition) is 0. The van der Waals surface area contributed by atoms with E-state index in [1.807, 2.05) is 58.0 Å². The zero-order chi connectivity index (χ0) is 25.7. The first-order valence-electron chi connectivity index (χ1n) is 12.2. The number of benzene rings is 1. The van der Waals surface area contributed by atoms with Crippen LogP contribution in [-0.2, 0) is 29.4 Å². The second-order valence-corrected chi connectivity index (χ2v) is 17.9. The van der Waals surface area contributed by atoms with Crippen LogP contribution in [0, 0.1) is 0 Å². The summed E-state index contributed by atoms with van der Waals surface area (Å²) in [7, 11) is -5.50. The minimum atomic E-state index is -3.44. The van der Waals surface area contributed by atoms with Crippen LogP contribution in [-0.4, -0.2) is 56.4 Å². The largest absolute Gasteiger partial charge is 0.445 e. The Morgan fingerprint density at radius 3 is 2.15 bits per heavy atom. The van der Waals surface area contributed by atoms with Gasteiger partial charge in [0.25, 0.3) is 0 Å². The summed E-state index contributed by atoms with van der Waals surface area (Å²) in [6.45, 7) is 18.9. The van der Waals surface area contributed by atoms with Crippen LogP contribution in [0.4, 0.5) is 4.79 Å². The molecule has 34 heavy (non-hydrogen) atoms. The monoisotopic (exact) mass is 513 g/mol. The van der Waals surface area contributed by atoms with Crippen molar-refractivity contribution in [2.75, 3.05) is 12.7 Å². The molecule has 1 aliphatic heterocycles. The Morgan fingerprint density at radius 1 is 1.09 bits per heavy atom. The molecule has 0 spiro atoms. The first-order chi connectivity index (χ1) is 15.6. The zero-order valence-corrected chi connectivity index (χ0v) is 24.3. The van der Waals surface area contributed by atoms with Gasteiger partial charge in [-0.25, -0.2) is 4.79 Å². The Kier molecular flexibility index (Phi) is 10.00. The van der Waals surface area contributed by atoms with E-state index in [1.165, 1.54) is 0 Å². The molecule has 0 unspecified atom stereocenters. The Morgan fingerprint density at radius 2 is 1.65 bits per heavy atom. The average Bonchev–Trinajstić information content (AvgIpc) is 3.05. The van der Waals surface area contributed by atoms with Crippen LogP contribution in [0.25, 0.3) is 0 Å². The van der Waals surface area contributed by atoms with Gasteiger partial charge in [0, 0.05) is 12.6 Å². The summed E-state index contributed by atoms with van der Waals surface area (Å²) < 4.78 is 37.5. The van der Waals surface area contributed by atoms with Crippen LogP contribution in [0.1, 0.15) is 60.5 Å². The third-order valence-corrected chi connectivity index (χ3v) is 13.1. The first-order valence-corrected chi connectivity index (χ1v) is 16.9. The Hall–Kier alpha value is -1.18. The number of ether oxygens (including phenoxy) is 1. The van der Waals surface area contributed by atoms with Gasteiger partial charge in [-0.05, 0) is 57.8 Å². The van der Waals surface area contributed by atoms with Crippen molar-refractivity contribution in [3.63, 3.8) is 0 Å². The fourth-order valence-electron chi connectivity index (χ4n) is 3.76. The fourth-order valence-corrected chi connectivity index (χ4v) is 7.49. The summed E-state index contributed by atoms with van der Waals surface area (Å²) in [6.07, 6.45) is -0.425. The fraction of sp³-hybridized carbons (Fsp3) is 0.720. The van der Waals surface area contributed by atoms with E-state index in [2.05, 4.69) is 33.9 Å². The maximum Gasteiger partial charge on any atom is 0.410 e. The highest BCUT2D eigenvalue weighted by Crippen LogP contribution is 2.53. The second kappa shape index (κ2) is 11.7. The van der Waals surface area contributed by atoms with Crippen molar-refractivity contribution < 1.29 is 27.6 Å². The molecule has 1 saturated heterocycles. The van der Waals surface area contributed by atoms with Gasteiger partial charge in [-0.15, -0.1) is 0 Å². The van der Waals surface area contributed by atoms with E-state index in [-0.39, 0.29) is 42.2 Å². The Bertz CT molecular complexity index is 826. The molecular formula is C25H44NO6PSi. The molecule has 1 fully saturated rings. The molecule has 1 aromatic rings. The lowest BCUT2D eigenvalue weighted by Crippen LogP contribution is -2.45. The molecule has 1 aromatic carbocycles. The molecule has 194 valence electrons. The highest BCUT2D eigenvalue weighted by atomic mass is 31.2. The van der Waals surface area contributed by atoms with Crippen LogP contribution in [0.15, 0.2) is 30.3 Å². The summed E-state index contributed by atoms with van der Waals surface area (Å²) in [5, 5.41) is 0.0422. The lowest BCUT2D eigenvalue weighted by molar-refractivity contribution is 0.0882. The molecule has 1 amide bonds. The molecule has 0 aromatic heterocycles. The van der Waals surface area contributed by atoms with Gasteiger partial charge in [-0.1, -0.05) is 51.1 Å². The molecule has 1 heterocycles. The van der Waals surface area contributed by atoms with E-state index >= 15 is 0 Å². The first kappa shape index (κ1) is 29.0. The van der Waals surface area contributed by atoms with Crippen molar-refractivity contribution in [3.05, 3.63) is 35.9 Å². The molecule has 7 nitrogen and oxygen atoms in total. The van der Waals surface area contributed by atoms with Crippen molar-refractivity contribution in [3.8, 4) is 0 Å². The number of carbonyl (C=O) groups excluding carboxylic acids is 1. The van der Waals surface area contributed by atoms with Crippen LogP contribution in [0.3, 0.4) is 0 Å². The summed E-state index contributed by atoms with van der Waals surface area (Å²) in [4.78, 5) is 14.8. The smallest absolute Gasteiger partial charge is 0.410 e. The molecule has 0 saturated carbocycles. The third-order valence-electron chi connectivity index (χ3n) is 6.26. The minimum Gasteiger partial charge on any atom is -0.445 e. The van der Waals surface area contributed by atoms with Crippen molar-refractivity contribution >= 4 is 22.0 Å². The molecular weight excluding hydrogens is 469 g/mol. The number of likely N-dealkylation sites (tertiary alicyclic amines) is 1. The molecule has 1 aliphatic rings. The highest BCUT2D eigenvalue weighted by molar-refractivity contribution is 7.53. The summed E-state index contributed by atoms with van der Waals surface area (Å²) in [5.41, 5.74) is 0.914. The molecule has 2 atom stereocenters. The molecule has 0 aliphatic carbocycles. The standard InChI is InChI=1S/C25H44NO6PSi/c1-19(2)30-33(28,31-20(3)4)18-22-15-23(32-34(8,9)25(5,6)7)16-26(22)24(27)29-17-21-13-11-10-12-14-21/h10-14,19-20,22-23H,15-18H2,1-9H3/t22-,23+/m0/s1. The number of rotatable bonds is 10. The SMILES string of the molecule is CC(C)OP(=O)(C[C@@H]1C[C@@H](O[Si](C)(C)C(C)(C)C)CN1C(=O)OCc1ccccc1)OC(C)C. The molecule has 0 radical (unpaired) electrons. The van der Waals surface area contributed by atoms with Crippen LogP contribution in [0.2, 0.25) is 18.1 Å². The van der Waals surface area contributed by atoms with Crippen LogP contribution < -0.4 is 0 Å². The Balaban J connectivity index is 2.22. The van der Waals surface area contributed by atoms with Crippen molar-refractivity contribution in [2.45, 2.75) is 104 Å². The minimum absolute atomic E-state index is 0.0422. The lowest BCUT2D eigenvalue weighted by atomic mass is 10.2. The van der Waals surface area contributed by atoms with Crippen molar-refractivity contribution in [1.82, 2.24) is 4.90 Å². The number of nitrogens with zero attached hydrogens (tertiary/aromatic N) is 1. The topological polar surface area (TPSA) is 74.3 Å². The molecule has 0 N–H and O–H groups in total. The number of carbonyl (C=O) groups is 1. The summed E-state index contributed by atoms with van der Waals surface area (Å²) >= 11 is 0. The van der Waals surface area contributed by atoms with E-state index in [9.17, 15) is 9.36 Å². The van der Waals surface area contributed by atoms with Crippen molar-refractivity contribution in [1.29, 1.82) is 0 Å². The van der Waals surface area contributed by atoms with E-state index < -0.39 is 22.0 Å². The molecule has 9 heteroatoms. The van der Waals surface area contributed by atoms with Gasteiger partial charge in [-0.3, -0.25) is 4.57 Å². The number of hydrogen-bond acceptors (Lipinski definition) is 6. The van der Waals surface area contributed by atoms with Gasteiger partial charge in [0.15, 0.2) is 8.32 Å². The third kappa shape index (κ3) is 8.49. The van der Waals surface area contributed by atoms with Crippen LogP contribution in [0.5, 0.6) is 0 Å². The molecule has 0 bridgehead atoms. The van der Waals surface area contributed by atoms with Gasteiger partial charge in [0.1, 0.15) is 6.61 Å². The van der Waals surface area contributed by atoms with Gasteiger partial charge in [-0.2, -0.15) is 0 Å². The summed E-state index contributed by atoms with van der Waals surface area (Å²) in [5.74, 6) is 0. The van der Waals surface area contributed by atoms with E-state index in [0.717, 1.165) is 5.56 Å². The average molecular weight is 514 g/mol. The quantitative estimate of drug-likeness (QED) is 0.252. The normalized spacial score (nSPS) is 19.8. The van der Waals surface area contributed by atoms with Gasteiger partial charge in [0.05, 0.1) is 24.5 Å². The Labute approximate surface area is 207 Å². The van der Waals surface area contributed by atoms with E-state index in [0.29, 0.717) is 13.0 Å². The maximum atomic E-state index is 13.6.